The molecule has 3 amide bonds. The van der Waals surface area contributed by atoms with Crippen LogP contribution in [-0.2, 0) is 4.79 Å². The lowest BCUT2D eigenvalue weighted by Gasteiger charge is -2.16. The summed E-state index contributed by atoms with van der Waals surface area (Å²) in [6.07, 6.45) is 1.33. The number of nitrogens with one attached hydrogen (secondary N) is 2. The summed E-state index contributed by atoms with van der Waals surface area (Å²) >= 11 is 5.95. The van der Waals surface area contributed by atoms with Gasteiger partial charge in [0, 0.05) is 24.2 Å². The number of hydrogen-bond acceptors (Lipinski definition) is 3. The molecular formula is C18H16ClN3O3. The summed E-state index contributed by atoms with van der Waals surface area (Å²) in [7, 11) is 0. The molecule has 2 N–H and O–H groups in total. The molecule has 0 aliphatic carbocycles. The highest BCUT2D eigenvalue weighted by atomic mass is 35.5. The molecule has 0 saturated carbocycles. The van der Waals surface area contributed by atoms with E-state index in [0.717, 1.165) is 6.42 Å². The van der Waals surface area contributed by atoms with Gasteiger partial charge in [0.15, 0.2) is 0 Å². The Hall–Kier alpha value is -2.86. The average molecular weight is 358 g/mol. The van der Waals surface area contributed by atoms with Crippen molar-refractivity contribution in [3.8, 4) is 0 Å². The Morgan fingerprint density at radius 1 is 1.00 bits per heavy atom. The molecule has 0 unspecified atom stereocenters. The van der Waals surface area contributed by atoms with E-state index in [-0.39, 0.29) is 11.5 Å². The number of amides is 3. The third-order valence-corrected chi connectivity index (χ3v) is 4.23. The van der Waals surface area contributed by atoms with E-state index in [0.29, 0.717) is 29.2 Å². The van der Waals surface area contributed by atoms with Crippen LogP contribution in [0.3, 0.4) is 0 Å². The summed E-state index contributed by atoms with van der Waals surface area (Å²) in [5.74, 6) is -0.941. The minimum Gasteiger partial charge on any atom is -0.312 e. The van der Waals surface area contributed by atoms with Crippen LogP contribution in [0.2, 0.25) is 5.02 Å². The molecule has 0 aromatic heterocycles. The molecule has 1 aliphatic heterocycles. The Morgan fingerprint density at radius 3 is 2.48 bits per heavy atom. The van der Waals surface area contributed by atoms with Crippen molar-refractivity contribution in [3.63, 3.8) is 0 Å². The number of carbonyl (C=O) groups excluding carboxylic acids is 3. The van der Waals surface area contributed by atoms with E-state index in [1.165, 1.54) is 0 Å². The molecular weight excluding hydrogens is 342 g/mol. The third-order valence-electron chi connectivity index (χ3n) is 3.90. The first-order valence-corrected chi connectivity index (χ1v) is 8.20. The first kappa shape index (κ1) is 17.0. The lowest BCUT2D eigenvalue weighted by atomic mass is 10.2. The van der Waals surface area contributed by atoms with Gasteiger partial charge in [-0.15, -0.1) is 0 Å². The monoisotopic (exact) mass is 357 g/mol. The molecule has 25 heavy (non-hydrogen) atoms. The molecule has 3 rings (SSSR count). The van der Waals surface area contributed by atoms with E-state index in [1.54, 1.807) is 53.4 Å². The molecule has 1 saturated heterocycles. The first-order valence-electron chi connectivity index (χ1n) is 7.82. The highest BCUT2D eigenvalue weighted by molar-refractivity contribution is 6.33. The molecule has 0 bridgehead atoms. The largest absolute Gasteiger partial charge is 0.312 e. The molecule has 128 valence electrons. The van der Waals surface area contributed by atoms with Crippen LogP contribution in [0.5, 0.6) is 0 Å². The molecule has 1 aliphatic rings. The van der Waals surface area contributed by atoms with Gasteiger partial charge < -0.3 is 4.90 Å². The predicted octanol–water partition coefficient (Wildman–Crippen LogP) is 2.54. The van der Waals surface area contributed by atoms with E-state index < -0.39 is 11.8 Å². The first-order chi connectivity index (χ1) is 12.1. The van der Waals surface area contributed by atoms with Crippen molar-refractivity contribution in [2.24, 2.45) is 0 Å². The Labute approximate surface area is 149 Å². The number of nitrogens with zero attached hydrogens (tertiary/aromatic N) is 1. The predicted molar refractivity (Wildman–Crippen MR) is 94.4 cm³/mol. The van der Waals surface area contributed by atoms with Crippen molar-refractivity contribution >= 4 is 35.0 Å². The SMILES string of the molecule is O=C(NNC(=O)c1ccccc1Cl)c1cccc(N2CCCC2=O)c1. The van der Waals surface area contributed by atoms with E-state index in [4.69, 9.17) is 11.6 Å². The summed E-state index contributed by atoms with van der Waals surface area (Å²) in [6.45, 7) is 0.646. The van der Waals surface area contributed by atoms with Crippen molar-refractivity contribution in [2.75, 3.05) is 11.4 Å². The Bertz CT molecular complexity index is 838. The maximum absolute atomic E-state index is 12.3. The Morgan fingerprint density at radius 2 is 1.76 bits per heavy atom. The van der Waals surface area contributed by atoms with E-state index >= 15 is 0 Å². The number of halogens is 1. The van der Waals surface area contributed by atoms with Crippen LogP contribution in [0.15, 0.2) is 48.5 Å². The average Bonchev–Trinajstić information content (AvgIpc) is 3.06. The van der Waals surface area contributed by atoms with Crippen molar-refractivity contribution in [1.29, 1.82) is 0 Å². The van der Waals surface area contributed by atoms with Gasteiger partial charge in [0.1, 0.15) is 0 Å². The van der Waals surface area contributed by atoms with Crippen molar-refractivity contribution in [1.82, 2.24) is 10.9 Å². The Kier molecular flexibility index (Phi) is 5.00. The quantitative estimate of drug-likeness (QED) is 0.828. The minimum absolute atomic E-state index is 0.0459. The molecule has 7 heteroatoms. The molecule has 1 heterocycles. The van der Waals surface area contributed by atoms with E-state index in [2.05, 4.69) is 10.9 Å². The molecule has 2 aromatic rings. The van der Waals surface area contributed by atoms with Gasteiger partial charge in [-0.2, -0.15) is 0 Å². The van der Waals surface area contributed by atoms with Gasteiger partial charge in [0.05, 0.1) is 10.6 Å². The fourth-order valence-corrected chi connectivity index (χ4v) is 2.86. The van der Waals surface area contributed by atoms with Gasteiger partial charge in [-0.25, -0.2) is 0 Å². The van der Waals surface area contributed by atoms with Gasteiger partial charge >= 0.3 is 0 Å². The summed E-state index contributed by atoms with van der Waals surface area (Å²) in [5.41, 5.74) is 5.97. The van der Waals surface area contributed by atoms with Gasteiger partial charge in [-0.1, -0.05) is 29.8 Å². The van der Waals surface area contributed by atoms with Crippen molar-refractivity contribution in [2.45, 2.75) is 12.8 Å². The Balaban J connectivity index is 1.66. The number of benzene rings is 2. The lowest BCUT2D eigenvalue weighted by Crippen LogP contribution is -2.41. The van der Waals surface area contributed by atoms with Crippen LogP contribution in [0.1, 0.15) is 33.6 Å². The van der Waals surface area contributed by atoms with Gasteiger partial charge in [0.2, 0.25) is 5.91 Å². The minimum atomic E-state index is -0.509. The van der Waals surface area contributed by atoms with E-state index in [1.807, 2.05) is 0 Å². The molecule has 0 spiro atoms. The van der Waals surface area contributed by atoms with Crippen molar-refractivity contribution in [3.05, 3.63) is 64.7 Å². The summed E-state index contributed by atoms with van der Waals surface area (Å²) < 4.78 is 0. The normalized spacial score (nSPS) is 13.6. The van der Waals surface area contributed by atoms with E-state index in [9.17, 15) is 14.4 Å². The number of carbonyl (C=O) groups is 3. The van der Waals surface area contributed by atoms with Crippen LogP contribution in [-0.4, -0.2) is 24.3 Å². The maximum Gasteiger partial charge on any atom is 0.271 e. The number of hydrazine groups is 1. The van der Waals surface area contributed by atoms with Gasteiger partial charge in [0.25, 0.3) is 11.8 Å². The molecule has 0 atom stereocenters. The number of rotatable bonds is 3. The third kappa shape index (κ3) is 3.80. The van der Waals surface area contributed by atoms with Gasteiger partial charge in [-0.3, -0.25) is 25.2 Å². The summed E-state index contributed by atoms with van der Waals surface area (Å²) in [4.78, 5) is 37.8. The van der Waals surface area contributed by atoms with Crippen LogP contribution in [0, 0.1) is 0 Å². The topological polar surface area (TPSA) is 78.5 Å². The van der Waals surface area contributed by atoms with Crippen LogP contribution in [0.25, 0.3) is 0 Å². The summed E-state index contributed by atoms with van der Waals surface area (Å²) in [5, 5.41) is 0.295. The highest BCUT2D eigenvalue weighted by Gasteiger charge is 2.22. The van der Waals surface area contributed by atoms with Crippen LogP contribution >= 0.6 is 11.6 Å². The zero-order valence-corrected chi connectivity index (χ0v) is 14.0. The standard InChI is InChI=1S/C18H16ClN3O3/c19-15-8-2-1-7-14(15)18(25)21-20-17(24)12-5-3-6-13(11-12)22-10-4-9-16(22)23/h1-3,5-8,11H,4,9-10H2,(H,20,24)(H,21,25). The molecule has 0 radical (unpaired) electrons. The second kappa shape index (κ2) is 7.36. The van der Waals surface area contributed by atoms with Crippen LogP contribution in [0.4, 0.5) is 5.69 Å². The summed E-state index contributed by atoms with van der Waals surface area (Å²) in [6, 6.07) is 13.3. The molecule has 2 aromatic carbocycles. The lowest BCUT2D eigenvalue weighted by molar-refractivity contribution is -0.117. The second-order valence-electron chi connectivity index (χ2n) is 5.59. The molecule has 1 fully saturated rings. The fraction of sp³-hybridized carbons (Fsp3) is 0.167. The maximum atomic E-state index is 12.3. The fourth-order valence-electron chi connectivity index (χ4n) is 2.63. The van der Waals surface area contributed by atoms with Crippen LogP contribution < -0.4 is 15.8 Å². The number of hydrogen-bond donors (Lipinski definition) is 2. The molecule has 6 nitrogen and oxygen atoms in total. The zero-order valence-electron chi connectivity index (χ0n) is 13.3. The van der Waals surface area contributed by atoms with Crippen molar-refractivity contribution < 1.29 is 14.4 Å². The highest BCUT2D eigenvalue weighted by Crippen LogP contribution is 2.22. The second-order valence-corrected chi connectivity index (χ2v) is 5.99. The smallest absolute Gasteiger partial charge is 0.271 e. The number of anilines is 1. The van der Waals surface area contributed by atoms with Gasteiger partial charge in [-0.05, 0) is 36.8 Å². The zero-order chi connectivity index (χ0) is 17.8.